The molecule has 4 rings (SSSR count). The number of thiocarbonyl (C=S) groups is 1. The smallest absolute Gasteiger partial charge is 0.341 e. The lowest BCUT2D eigenvalue weighted by Gasteiger charge is -2.08. The number of nitrogens with zero attached hydrogens (tertiary/aromatic N) is 3. The van der Waals surface area contributed by atoms with Crippen LogP contribution in [0.2, 0.25) is 0 Å². The van der Waals surface area contributed by atoms with E-state index in [9.17, 15) is 9.18 Å². The van der Waals surface area contributed by atoms with E-state index in [0.717, 1.165) is 10.4 Å². The lowest BCUT2D eigenvalue weighted by atomic mass is 10.1. The molecule has 2 N–H and O–H groups in total. The van der Waals surface area contributed by atoms with Gasteiger partial charge >= 0.3 is 5.97 Å². The van der Waals surface area contributed by atoms with Crippen LogP contribution in [0.25, 0.3) is 0 Å². The van der Waals surface area contributed by atoms with Gasteiger partial charge in [-0.25, -0.2) is 18.9 Å². The number of hydrogen-bond acceptors (Lipinski definition) is 6. The first-order chi connectivity index (χ1) is 16.5. The van der Waals surface area contributed by atoms with E-state index in [-0.39, 0.29) is 30.0 Å². The molecule has 10 heteroatoms. The molecule has 0 atom stereocenters. The molecule has 0 aliphatic heterocycles. The molecular weight excluding hydrogens is 473 g/mol. The van der Waals surface area contributed by atoms with Crippen molar-refractivity contribution >= 4 is 45.6 Å². The number of hydrogen-bond donors (Lipinski definition) is 2. The van der Waals surface area contributed by atoms with Crippen molar-refractivity contribution in [2.45, 2.75) is 19.9 Å². The third kappa shape index (κ3) is 6.03. The molecule has 2 aromatic carbocycles. The number of carbonyl (C=O) groups excluding carboxylic acids is 1. The van der Waals surface area contributed by atoms with Gasteiger partial charge in [0.25, 0.3) is 0 Å². The van der Waals surface area contributed by atoms with E-state index in [1.54, 1.807) is 25.1 Å². The Balaban J connectivity index is 1.45. The molecule has 2 aromatic heterocycles. The molecule has 174 valence electrons. The summed E-state index contributed by atoms with van der Waals surface area (Å²) < 4.78 is 20.6. The molecule has 0 amide bonds. The molecule has 7 nitrogen and oxygen atoms in total. The first-order valence-corrected chi connectivity index (χ1v) is 11.8. The average molecular weight is 496 g/mol. The Labute approximate surface area is 205 Å². The summed E-state index contributed by atoms with van der Waals surface area (Å²) in [6.45, 7) is 2.27. The number of thiophene rings is 1. The van der Waals surface area contributed by atoms with Crippen LogP contribution in [0.3, 0.4) is 0 Å². The molecule has 0 bridgehead atoms. The van der Waals surface area contributed by atoms with Crippen LogP contribution < -0.4 is 10.6 Å². The van der Waals surface area contributed by atoms with Crippen molar-refractivity contribution in [1.29, 1.82) is 0 Å². The van der Waals surface area contributed by atoms with Gasteiger partial charge < -0.3 is 10.1 Å². The monoisotopic (exact) mass is 495 g/mol. The predicted molar refractivity (Wildman–Crippen MR) is 135 cm³/mol. The molecular formula is C24H22FN5O2S2. The fourth-order valence-electron chi connectivity index (χ4n) is 3.24. The highest BCUT2D eigenvalue weighted by Gasteiger charge is 2.19. The number of nitrogens with one attached hydrogen (secondary N) is 2. The van der Waals surface area contributed by atoms with Crippen molar-refractivity contribution in [3.63, 3.8) is 0 Å². The zero-order valence-electron chi connectivity index (χ0n) is 18.3. The van der Waals surface area contributed by atoms with Crippen LogP contribution >= 0.6 is 23.6 Å². The van der Waals surface area contributed by atoms with Crippen LogP contribution in [-0.4, -0.2) is 32.5 Å². The highest BCUT2D eigenvalue weighted by atomic mass is 32.1. The van der Waals surface area contributed by atoms with Gasteiger partial charge in [0.15, 0.2) is 5.11 Å². The van der Waals surface area contributed by atoms with Crippen molar-refractivity contribution in [3.05, 3.63) is 94.4 Å². The first-order valence-electron chi connectivity index (χ1n) is 10.6. The topological polar surface area (TPSA) is 81.1 Å². The Morgan fingerprint density at radius 1 is 1.15 bits per heavy atom. The van der Waals surface area contributed by atoms with Gasteiger partial charge in [-0.05, 0) is 36.8 Å². The van der Waals surface area contributed by atoms with Crippen molar-refractivity contribution in [3.8, 4) is 0 Å². The molecule has 2 heterocycles. The van der Waals surface area contributed by atoms with Gasteiger partial charge in [-0.1, -0.05) is 48.5 Å². The number of esters is 1. The Bertz CT molecular complexity index is 1290. The van der Waals surface area contributed by atoms with E-state index < -0.39 is 5.97 Å². The van der Waals surface area contributed by atoms with Crippen molar-refractivity contribution in [1.82, 2.24) is 14.8 Å². The highest BCUT2D eigenvalue weighted by molar-refractivity contribution is 7.80. The number of rotatable bonds is 8. The summed E-state index contributed by atoms with van der Waals surface area (Å²) in [7, 11) is 0. The van der Waals surface area contributed by atoms with E-state index in [1.807, 2.05) is 36.4 Å². The molecule has 0 aliphatic rings. The van der Waals surface area contributed by atoms with Gasteiger partial charge in [-0.3, -0.25) is 5.32 Å². The molecule has 4 aromatic rings. The standard InChI is InChI=1S/C24H22FN5O2S2/c1-2-32-22(31)19-13-18(12-16-8-4-3-5-9-16)34-21(19)27-24(33)28-23-26-15-30(29-23)14-17-10-6-7-11-20(17)25/h3-11,13,15H,2,12,14H2,1H3,(H2,27,28,29,33). The lowest BCUT2D eigenvalue weighted by molar-refractivity contribution is 0.0528. The number of benzene rings is 2. The molecule has 0 radical (unpaired) electrons. The number of aromatic nitrogens is 3. The van der Waals surface area contributed by atoms with Crippen LogP contribution in [0.4, 0.5) is 15.3 Å². The lowest BCUT2D eigenvalue weighted by Crippen LogP contribution is -2.21. The van der Waals surface area contributed by atoms with Gasteiger partial charge in [0.2, 0.25) is 5.95 Å². The Morgan fingerprint density at radius 2 is 1.91 bits per heavy atom. The molecule has 0 unspecified atom stereocenters. The normalized spacial score (nSPS) is 10.6. The zero-order valence-corrected chi connectivity index (χ0v) is 20.0. The maximum absolute atomic E-state index is 13.9. The highest BCUT2D eigenvalue weighted by Crippen LogP contribution is 2.31. The van der Waals surface area contributed by atoms with Gasteiger partial charge in [0.1, 0.15) is 17.1 Å². The zero-order chi connectivity index (χ0) is 23.9. The summed E-state index contributed by atoms with van der Waals surface area (Å²) in [6, 6.07) is 18.3. The number of ether oxygens (including phenoxy) is 1. The Kier molecular flexibility index (Phi) is 7.61. The summed E-state index contributed by atoms with van der Waals surface area (Å²) in [5.41, 5.74) is 2.05. The first kappa shape index (κ1) is 23.5. The number of halogens is 1. The number of carbonyl (C=O) groups is 1. The van der Waals surface area contributed by atoms with Gasteiger partial charge in [0, 0.05) is 16.9 Å². The van der Waals surface area contributed by atoms with Crippen LogP contribution in [0.5, 0.6) is 0 Å². The molecule has 34 heavy (non-hydrogen) atoms. The minimum absolute atomic E-state index is 0.224. The maximum Gasteiger partial charge on any atom is 0.341 e. The van der Waals surface area contributed by atoms with E-state index in [0.29, 0.717) is 22.5 Å². The summed E-state index contributed by atoms with van der Waals surface area (Å²) >= 11 is 6.84. The molecule has 0 aliphatic carbocycles. The van der Waals surface area contributed by atoms with Gasteiger partial charge in [0.05, 0.1) is 18.7 Å². The third-order valence-electron chi connectivity index (χ3n) is 4.78. The predicted octanol–water partition coefficient (Wildman–Crippen LogP) is 5.10. The van der Waals surface area contributed by atoms with Crippen molar-refractivity contribution < 1.29 is 13.9 Å². The van der Waals surface area contributed by atoms with Gasteiger partial charge in [-0.15, -0.1) is 16.4 Å². The fourth-order valence-corrected chi connectivity index (χ4v) is 4.59. The molecule has 0 fully saturated rings. The second kappa shape index (κ2) is 11.0. The Morgan fingerprint density at radius 3 is 2.68 bits per heavy atom. The van der Waals surface area contributed by atoms with E-state index in [2.05, 4.69) is 20.7 Å². The van der Waals surface area contributed by atoms with Crippen molar-refractivity contribution in [2.24, 2.45) is 0 Å². The van der Waals surface area contributed by atoms with Crippen LogP contribution in [0, 0.1) is 5.82 Å². The van der Waals surface area contributed by atoms with Crippen LogP contribution in [-0.2, 0) is 17.7 Å². The second-order valence-corrected chi connectivity index (χ2v) is 8.82. The molecule has 0 saturated heterocycles. The van der Waals surface area contributed by atoms with E-state index >= 15 is 0 Å². The average Bonchev–Trinajstić information content (AvgIpc) is 3.42. The third-order valence-corrected chi connectivity index (χ3v) is 6.03. The SMILES string of the molecule is CCOC(=O)c1cc(Cc2ccccc2)sc1NC(=S)Nc1ncn(Cc2ccccc2F)n1. The minimum atomic E-state index is -0.421. The molecule has 0 saturated carbocycles. The molecule has 0 spiro atoms. The minimum Gasteiger partial charge on any atom is -0.462 e. The van der Waals surface area contributed by atoms with E-state index in [1.165, 1.54) is 28.4 Å². The van der Waals surface area contributed by atoms with E-state index in [4.69, 9.17) is 17.0 Å². The summed E-state index contributed by atoms with van der Waals surface area (Å²) in [5.74, 6) is -0.469. The maximum atomic E-state index is 13.9. The van der Waals surface area contributed by atoms with Crippen molar-refractivity contribution in [2.75, 3.05) is 17.2 Å². The quantitative estimate of drug-likeness (QED) is 0.260. The van der Waals surface area contributed by atoms with Gasteiger partial charge in [-0.2, -0.15) is 0 Å². The largest absolute Gasteiger partial charge is 0.462 e. The summed E-state index contributed by atoms with van der Waals surface area (Å²) in [6.07, 6.45) is 2.17. The summed E-state index contributed by atoms with van der Waals surface area (Å²) in [4.78, 5) is 17.7. The second-order valence-electron chi connectivity index (χ2n) is 7.27. The number of anilines is 2. The van der Waals surface area contributed by atoms with Crippen LogP contribution in [0.1, 0.15) is 33.3 Å². The Hall–Kier alpha value is -3.63. The summed E-state index contributed by atoms with van der Waals surface area (Å²) in [5, 5.41) is 11.1. The fraction of sp³-hybridized carbons (Fsp3) is 0.167. The van der Waals surface area contributed by atoms with Crippen LogP contribution in [0.15, 0.2) is 67.0 Å².